The second-order valence-electron chi connectivity index (χ2n) is 9.21. The van der Waals surface area contributed by atoms with Gasteiger partial charge in [0.15, 0.2) is 0 Å². The molecule has 3 aromatic carbocycles. The zero-order chi connectivity index (χ0) is 24.4. The van der Waals surface area contributed by atoms with E-state index >= 15 is 0 Å². The van der Waals surface area contributed by atoms with Crippen molar-refractivity contribution in [2.75, 3.05) is 0 Å². The quantitative estimate of drug-likeness (QED) is 0.181. The van der Waals surface area contributed by atoms with Crippen LogP contribution in [0.15, 0.2) is 91.5 Å². The molecule has 0 radical (unpaired) electrons. The van der Waals surface area contributed by atoms with Crippen molar-refractivity contribution in [2.24, 2.45) is 0 Å². The SMILES string of the molecule is Cc1cccc(C)c1-n1cnc(-c2[c-]c(Oc3[c-]c(C(C)(C)c4ccccn4)ccc3)ccc2)c1.[Pt+2]. The molecule has 0 bridgehead atoms. The molecule has 2 heterocycles. The molecule has 0 aliphatic heterocycles. The van der Waals surface area contributed by atoms with Crippen LogP contribution in [0.3, 0.4) is 0 Å². The van der Waals surface area contributed by atoms with Crippen LogP contribution >= 0.6 is 0 Å². The first kappa shape index (κ1) is 25.6. The summed E-state index contributed by atoms with van der Waals surface area (Å²) in [6.45, 7) is 8.51. The summed E-state index contributed by atoms with van der Waals surface area (Å²) in [6, 6.07) is 30.9. The molecule has 0 unspecified atom stereocenters. The molecule has 5 heteroatoms. The van der Waals surface area contributed by atoms with Crippen molar-refractivity contribution in [1.82, 2.24) is 14.5 Å². The molecule has 0 aliphatic carbocycles. The number of nitrogens with zero attached hydrogens (tertiary/aromatic N) is 3. The zero-order valence-electron chi connectivity index (χ0n) is 20.7. The van der Waals surface area contributed by atoms with Crippen molar-refractivity contribution >= 4 is 0 Å². The molecule has 0 aliphatic rings. The van der Waals surface area contributed by atoms with Gasteiger partial charge in [-0.15, -0.1) is 41.5 Å². The molecule has 0 saturated carbocycles. The Balaban J connectivity index is 0.00000304. The number of ether oxygens (including phenoxy) is 1. The smallest absolute Gasteiger partial charge is 0.503 e. The van der Waals surface area contributed by atoms with Gasteiger partial charge in [0.25, 0.3) is 0 Å². The van der Waals surface area contributed by atoms with Crippen LogP contribution in [-0.2, 0) is 26.5 Å². The van der Waals surface area contributed by atoms with Gasteiger partial charge in [-0.05, 0) is 43.3 Å². The average Bonchev–Trinajstić information content (AvgIpc) is 3.35. The molecule has 36 heavy (non-hydrogen) atoms. The number of hydrogen-bond donors (Lipinski definition) is 0. The molecule has 5 aromatic rings. The summed E-state index contributed by atoms with van der Waals surface area (Å²) < 4.78 is 8.24. The van der Waals surface area contributed by atoms with Crippen molar-refractivity contribution in [3.05, 3.63) is 126 Å². The summed E-state index contributed by atoms with van der Waals surface area (Å²) in [6.07, 6.45) is 5.70. The molecular weight excluding hydrogens is 625 g/mol. The summed E-state index contributed by atoms with van der Waals surface area (Å²) in [4.78, 5) is 9.18. The van der Waals surface area contributed by atoms with Crippen LogP contribution in [0.2, 0.25) is 0 Å². The van der Waals surface area contributed by atoms with Crippen molar-refractivity contribution in [2.45, 2.75) is 33.1 Å². The van der Waals surface area contributed by atoms with Gasteiger partial charge >= 0.3 is 21.1 Å². The van der Waals surface area contributed by atoms with Crippen LogP contribution in [-0.4, -0.2) is 14.5 Å². The largest absolute Gasteiger partial charge is 2.00 e. The van der Waals surface area contributed by atoms with Crippen LogP contribution in [0.25, 0.3) is 16.9 Å². The molecule has 2 aromatic heterocycles. The van der Waals surface area contributed by atoms with E-state index in [0.717, 1.165) is 28.2 Å². The first-order valence-electron chi connectivity index (χ1n) is 11.7. The fourth-order valence-electron chi connectivity index (χ4n) is 4.31. The predicted molar refractivity (Wildman–Crippen MR) is 139 cm³/mol. The second kappa shape index (κ2) is 10.6. The molecule has 0 amide bonds. The molecule has 0 atom stereocenters. The van der Waals surface area contributed by atoms with E-state index < -0.39 is 0 Å². The third-order valence-electron chi connectivity index (χ3n) is 6.29. The van der Waals surface area contributed by atoms with Gasteiger partial charge in [-0.2, -0.15) is 12.1 Å². The summed E-state index contributed by atoms with van der Waals surface area (Å²) >= 11 is 0. The van der Waals surface area contributed by atoms with Crippen LogP contribution in [0, 0.1) is 26.0 Å². The molecular formula is C31H27N3OPt. The van der Waals surface area contributed by atoms with Gasteiger partial charge in [-0.3, -0.25) is 9.97 Å². The molecule has 0 N–H and O–H groups in total. The van der Waals surface area contributed by atoms with Gasteiger partial charge in [-0.25, -0.2) is 0 Å². The van der Waals surface area contributed by atoms with Gasteiger partial charge in [0.1, 0.15) is 0 Å². The number of imidazole rings is 1. The summed E-state index contributed by atoms with van der Waals surface area (Å²) in [5.41, 5.74) is 6.98. The van der Waals surface area contributed by atoms with Gasteiger partial charge in [0, 0.05) is 34.5 Å². The molecule has 182 valence electrons. The summed E-state index contributed by atoms with van der Waals surface area (Å²) in [5, 5.41) is 0. The Labute approximate surface area is 227 Å². The zero-order valence-corrected chi connectivity index (χ0v) is 23.0. The number of aromatic nitrogens is 3. The third-order valence-corrected chi connectivity index (χ3v) is 6.29. The maximum absolute atomic E-state index is 6.18. The van der Waals surface area contributed by atoms with Crippen molar-refractivity contribution in [3.63, 3.8) is 0 Å². The number of hydrogen-bond acceptors (Lipinski definition) is 3. The Bertz CT molecular complexity index is 1450. The fourth-order valence-corrected chi connectivity index (χ4v) is 4.31. The number of rotatable bonds is 6. The summed E-state index contributed by atoms with van der Waals surface area (Å²) in [5.74, 6) is 1.26. The first-order chi connectivity index (χ1) is 16.9. The van der Waals surface area contributed by atoms with E-state index in [9.17, 15) is 0 Å². The minimum absolute atomic E-state index is 0. The Hall–Kier alpha value is -3.49. The monoisotopic (exact) mass is 652 g/mol. The van der Waals surface area contributed by atoms with Crippen LogP contribution in [0.5, 0.6) is 11.5 Å². The molecule has 0 fully saturated rings. The van der Waals surface area contributed by atoms with E-state index in [4.69, 9.17) is 4.74 Å². The molecule has 0 spiro atoms. The van der Waals surface area contributed by atoms with E-state index in [2.05, 4.69) is 78.6 Å². The maximum atomic E-state index is 6.18. The first-order valence-corrected chi connectivity index (χ1v) is 11.7. The van der Waals surface area contributed by atoms with Crippen LogP contribution in [0.4, 0.5) is 0 Å². The van der Waals surface area contributed by atoms with Crippen LogP contribution < -0.4 is 4.74 Å². The number of benzene rings is 3. The average molecular weight is 653 g/mol. The van der Waals surface area contributed by atoms with Gasteiger partial charge in [-0.1, -0.05) is 44.2 Å². The topological polar surface area (TPSA) is 39.9 Å². The Morgan fingerprint density at radius 2 is 1.47 bits per heavy atom. The maximum Gasteiger partial charge on any atom is 2.00 e. The van der Waals surface area contributed by atoms with Gasteiger partial charge in [0.2, 0.25) is 0 Å². The number of para-hydroxylation sites is 1. The van der Waals surface area contributed by atoms with Gasteiger partial charge < -0.3 is 9.30 Å². The van der Waals surface area contributed by atoms with Crippen molar-refractivity contribution < 1.29 is 25.8 Å². The Morgan fingerprint density at radius 3 is 2.19 bits per heavy atom. The van der Waals surface area contributed by atoms with Gasteiger partial charge in [0.05, 0.1) is 12.0 Å². The van der Waals surface area contributed by atoms with E-state index in [0.29, 0.717) is 11.5 Å². The molecule has 5 rings (SSSR count). The fraction of sp³-hybridized carbons (Fsp3) is 0.161. The summed E-state index contributed by atoms with van der Waals surface area (Å²) in [7, 11) is 0. The molecule has 0 saturated heterocycles. The van der Waals surface area contributed by atoms with E-state index in [-0.39, 0.29) is 26.5 Å². The Morgan fingerprint density at radius 1 is 0.778 bits per heavy atom. The van der Waals surface area contributed by atoms with Crippen molar-refractivity contribution in [3.8, 4) is 28.4 Å². The molecule has 4 nitrogen and oxygen atoms in total. The number of aryl methyl sites for hydroxylation is 2. The van der Waals surface area contributed by atoms with E-state index in [1.54, 1.807) is 0 Å². The second-order valence-corrected chi connectivity index (χ2v) is 9.21. The van der Waals surface area contributed by atoms with Crippen molar-refractivity contribution in [1.29, 1.82) is 0 Å². The Kier molecular flexibility index (Phi) is 7.56. The third kappa shape index (κ3) is 5.20. The standard InChI is InChI=1S/C31H27N3O.Pt/c1-22-10-7-11-23(2)30(22)34-20-28(33-21-34)24-12-8-14-26(18-24)35-27-15-9-13-25(19-27)31(3,4)29-16-5-6-17-32-29;/h5-17,20-21H,1-4H3;/q-2;+2. The van der Waals surface area contributed by atoms with E-state index in [1.807, 2.05) is 67.3 Å². The van der Waals surface area contributed by atoms with E-state index in [1.165, 1.54) is 11.1 Å². The number of pyridine rings is 1. The predicted octanol–water partition coefficient (Wildman–Crippen LogP) is 7.27. The normalized spacial score (nSPS) is 11.1. The minimum Gasteiger partial charge on any atom is -0.503 e. The van der Waals surface area contributed by atoms with Crippen LogP contribution in [0.1, 0.15) is 36.2 Å². The minimum atomic E-state index is -0.299.